The minimum absolute atomic E-state index is 0.0773. The molecular formula is C19H23BN4O5. The molecule has 10 heteroatoms. The Labute approximate surface area is 168 Å². The van der Waals surface area contributed by atoms with Crippen LogP contribution >= 0.6 is 0 Å². The van der Waals surface area contributed by atoms with E-state index < -0.39 is 25.0 Å². The maximum absolute atomic E-state index is 12.8. The minimum Gasteiger partial charge on any atom is -0.458 e. The van der Waals surface area contributed by atoms with Gasteiger partial charge in [0.1, 0.15) is 12.6 Å². The Morgan fingerprint density at radius 3 is 2.83 bits per heavy atom. The van der Waals surface area contributed by atoms with Crippen LogP contribution in [0.2, 0.25) is 0 Å². The normalized spacial score (nSPS) is 13.9. The zero-order valence-corrected chi connectivity index (χ0v) is 16.5. The number of nitrogens with two attached hydrogens (primary N) is 1. The van der Waals surface area contributed by atoms with E-state index in [-0.39, 0.29) is 18.5 Å². The second kappa shape index (κ2) is 8.58. The van der Waals surface area contributed by atoms with Crippen molar-refractivity contribution in [3.63, 3.8) is 0 Å². The highest BCUT2D eigenvalue weighted by Gasteiger charge is 2.32. The third-order valence-electron chi connectivity index (χ3n) is 4.79. The molecule has 2 heterocycles. The average Bonchev–Trinajstić information content (AvgIpc) is 3.06. The molecule has 0 saturated heterocycles. The van der Waals surface area contributed by atoms with E-state index >= 15 is 0 Å². The summed E-state index contributed by atoms with van der Waals surface area (Å²) >= 11 is 0. The van der Waals surface area contributed by atoms with E-state index in [1.54, 1.807) is 25.1 Å². The fraction of sp³-hybridized carbons (Fsp3) is 0.368. The van der Waals surface area contributed by atoms with Crippen LogP contribution in [0.15, 0.2) is 24.4 Å². The standard InChI is InChI=1S/C19H23BN4O5/c1-10(2)16(18(26)28-9-13-6-7-22-19(21)23-13)24-17(25)14-5-4-12-8-29-20(27)15(12)11(14)3/h4-7,10,16,27H,8-9H2,1-3H3,(H,24,25)(H2,21,22,23). The summed E-state index contributed by atoms with van der Waals surface area (Å²) in [6.07, 6.45) is 1.47. The van der Waals surface area contributed by atoms with Crippen molar-refractivity contribution in [2.75, 3.05) is 5.73 Å². The van der Waals surface area contributed by atoms with Crippen LogP contribution in [0.1, 0.15) is 41.0 Å². The van der Waals surface area contributed by atoms with Gasteiger partial charge in [-0.2, -0.15) is 0 Å². The summed E-state index contributed by atoms with van der Waals surface area (Å²) in [5.74, 6) is -1.12. The third-order valence-corrected chi connectivity index (χ3v) is 4.79. The summed E-state index contributed by atoms with van der Waals surface area (Å²) in [6.45, 7) is 5.58. The number of nitrogens with one attached hydrogen (secondary N) is 1. The number of carbonyl (C=O) groups excluding carboxylic acids is 2. The zero-order chi connectivity index (χ0) is 21.1. The lowest BCUT2D eigenvalue weighted by Gasteiger charge is -2.21. The molecular weight excluding hydrogens is 375 g/mol. The lowest BCUT2D eigenvalue weighted by atomic mass is 9.75. The van der Waals surface area contributed by atoms with E-state index in [0.717, 1.165) is 5.56 Å². The Morgan fingerprint density at radius 2 is 2.14 bits per heavy atom. The van der Waals surface area contributed by atoms with Crippen molar-refractivity contribution in [3.05, 3.63) is 46.8 Å². The van der Waals surface area contributed by atoms with Crippen molar-refractivity contribution in [3.8, 4) is 0 Å². The minimum atomic E-state index is -1.05. The maximum atomic E-state index is 12.8. The van der Waals surface area contributed by atoms with E-state index in [1.165, 1.54) is 6.20 Å². The first-order valence-corrected chi connectivity index (χ1v) is 9.25. The van der Waals surface area contributed by atoms with Gasteiger partial charge in [-0.05, 0) is 41.6 Å². The second-order valence-electron chi connectivity index (χ2n) is 7.18. The molecule has 29 heavy (non-hydrogen) atoms. The summed E-state index contributed by atoms with van der Waals surface area (Å²) in [5, 5.41) is 12.7. The molecule has 1 unspecified atom stereocenters. The first kappa shape index (κ1) is 20.8. The number of rotatable bonds is 6. The highest BCUT2D eigenvalue weighted by molar-refractivity contribution is 6.62. The number of hydrogen-bond donors (Lipinski definition) is 3. The molecule has 1 aromatic heterocycles. The number of aromatic nitrogens is 2. The van der Waals surface area contributed by atoms with Gasteiger partial charge in [-0.15, -0.1) is 0 Å². The molecule has 3 rings (SSSR count). The summed E-state index contributed by atoms with van der Waals surface area (Å²) in [6, 6.07) is 4.15. The number of benzene rings is 1. The van der Waals surface area contributed by atoms with Crippen molar-refractivity contribution < 1.29 is 24.0 Å². The van der Waals surface area contributed by atoms with Crippen LogP contribution < -0.4 is 16.5 Å². The summed E-state index contributed by atoms with van der Waals surface area (Å²) in [4.78, 5) is 33.2. The first-order chi connectivity index (χ1) is 13.8. The molecule has 0 spiro atoms. The number of carbonyl (C=O) groups is 2. The van der Waals surface area contributed by atoms with Crippen LogP contribution in [0.5, 0.6) is 0 Å². The lowest BCUT2D eigenvalue weighted by molar-refractivity contribution is -0.148. The van der Waals surface area contributed by atoms with Gasteiger partial charge in [-0.25, -0.2) is 14.8 Å². The van der Waals surface area contributed by atoms with Crippen LogP contribution in [-0.2, 0) is 27.4 Å². The van der Waals surface area contributed by atoms with E-state index in [1.807, 2.05) is 13.8 Å². The number of ether oxygens (including phenoxy) is 1. The predicted molar refractivity (Wildman–Crippen MR) is 106 cm³/mol. The van der Waals surface area contributed by atoms with E-state index in [9.17, 15) is 14.6 Å². The topological polar surface area (TPSA) is 137 Å². The highest BCUT2D eigenvalue weighted by Crippen LogP contribution is 2.17. The monoisotopic (exact) mass is 398 g/mol. The lowest BCUT2D eigenvalue weighted by Crippen LogP contribution is -2.46. The molecule has 1 aliphatic rings. The molecule has 1 amide bonds. The predicted octanol–water partition coefficient (Wildman–Crippen LogP) is 0.0827. The number of anilines is 1. The third kappa shape index (κ3) is 4.55. The second-order valence-corrected chi connectivity index (χ2v) is 7.18. The van der Waals surface area contributed by atoms with Gasteiger partial charge in [0.15, 0.2) is 0 Å². The van der Waals surface area contributed by atoms with Crippen molar-refractivity contribution in [2.24, 2.45) is 5.92 Å². The van der Waals surface area contributed by atoms with Gasteiger partial charge >= 0.3 is 13.1 Å². The van der Waals surface area contributed by atoms with Gasteiger partial charge in [0.2, 0.25) is 5.95 Å². The molecule has 1 aromatic carbocycles. The summed E-state index contributed by atoms with van der Waals surface area (Å²) in [7, 11) is -1.05. The van der Waals surface area contributed by atoms with Crippen molar-refractivity contribution in [1.29, 1.82) is 0 Å². The quantitative estimate of drug-likeness (QED) is 0.460. The molecule has 152 valence electrons. The highest BCUT2D eigenvalue weighted by atomic mass is 16.5. The fourth-order valence-corrected chi connectivity index (χ4v) is 3.20. The van der Waals surface area contributed by atoms with Crippen LogP contribution in [0, 0.1) is 12.8 Å². The number of hydrogen-bond acceptors (Lipinski definition) is 8. The molecule has 9 nitrogen and oxygen atoms in total. The van der Waals surface area contributed by atoms with Crippen molar-refractivity contribution in [1.82, 2.24) is 15.3 Å². The van der Waals surface area contributed by atoms with Gasteiger partial charge in [0.05, 0.1) is 12.3 Å². The van der Waals surface area contributed by atoms with Crippen molar-refractivity contribution >= 4 is 30.4 Å². The number of nitrogens with zero attached hydrogens (tertiary/aromatic N) is 2. The van der Waals surface area contributed by atoms with Crippen LogP contribution in [0.25, 0.3) is 0 Å². The summed E-state index contributed by atoms with van der Waals surface area (Å²) < 4.78 is 10.5. The fourth-order valence-electron chi connectivity index (χ4n) is 3.20. The Hall–Kier alpha value is -2.98. The van der Waals surface area contributed by atoms with Gasteiger partial charge in [-0.3, -0.25) is 4.79 Å². The number of fused-ring (bicyclic) bond motifs is 1. The van der Waals surface area contributed by atoms with E-state index in [2.05, 4.69) is 15.3 Å². The molecule has 0 fully saturated rings. The Bertz CT molecular complexity index is 937. The zero-order valence-electron chi connectivity index (χ0n) is 16.5. The summed E-state index contributed by atoms with van der Waals surface area (Å²) in [5.41, 5.74) is 8.42. The number of nitrogen functional groups attached to an aromatic ring is 1. The van der Waals surface area contributed by atoms with Crippen LogP contribution in [-0.4, -0.2) is 40.0 Å². The SMILES string of the molecule is Cc1c(C(=O)NC(C(=O)OCc2ccnc(N)n2)C(C)C)ccc2c1B(O)OC2. The largest absolute Gasteiger partial charge is 0.492 e. The molecule has 1 aliphatic heterocycles. The molecule has 0 radical (unpaired) electrons. The molecule has 1 atom stereocenters. The van der Waals surface area contributed by atoms with Crippen molar-refractivity contribution in [2.45, 2.75) is 40.0 Å². The Morgan fingerprint density at radius 1 is 1.38 bits per heavy atom. The van der Waals surface area contributed by atoms with Crippen LogP contribution in [0.3, 0.4) is 0 Å². The molecule has 0 aliphatic carbocycles. The average molecular weight is 398 g/mol. The maximum Gasteiger partial charge on any atom is 0.492 e. The van der Waals surface area contributed by atoms with Gasteiger partial charge in [0.25, 0.3) is 5.91 Å². The smallest absolute Gasteiger partial charge is 0.458 e. The number of esters is 1. The van der Waals surface area contributed by atoms with Gasteiger partial charge in [0, 0.05) is 11.8 Å². The first-order valence-electron chi connectivity index (χ1n) is 9.25. The van der Waals surface area contributed by atoms with Gasteiger partial charge in [-0.1, -0.05) is 19.9 Å². The molecule has 2 aromatic rings. The van der Waals surface area contributed by atoms with Gasteiger partial charge < -0.3 is 25.5 Å². The van der Waals surface area contributed by atoms with E-state index in [0.29, 0.717) is 28.9 Å². The molecule has 0 saturated carbocycles. The van der Waals surface area contributed by atoms with Crippen LogP contribution in [0.4, 0.5) is 5.95 Å². The molecule has 4 N–H and O–H groups in total. The Balaban J connectivity index is 1.71. The molecule has 0 bridgehead atoms. The Kier molecular flexibility index (Phi) is 6.14. The van der Waals surface area contributed by atoms with E-state index in [4.69, 9.17) is 15.1 Å². The number of amides is 1.